The smallest absolute Gasteiger partial charge is 0.126 e. The topological polar surface area (TPSA) is 26.0 Å². The van der Waals surface area contributed by atoms with Crippen molar-refractivity contribution in [3.8, 4) is 0 Å². The van der Waals surface area contributed by atoms with Gasteiger partial charge in [-0.3, -0.25) is 0 Å². The van der Waals surface area contributed by atoms with E-state index in [4.69, 9.17) is 5.73 Å². The molecule has 2 N–H and O–H groups in total. The molecule has 0 aliphatic heterocycles. The molecule has 1 fully saturated rings. The molecule has 0 radical (unpaired) electrons. The molecular formula is C16H23F2N. The summed E-state index contributed by atoms with van der Waals surface area (Å²) in [5.74, 6) is -1.00. The molecule has 19 heavy (non-hydrogen) atoms. The summed E-state index contributed by atoms with van der Waals surface area (Å²) >= 11 is 0. The molecule has 0 saturated heterocycles. The summed E-state index contributed by atoms with van der Waals surface area (Å²) in [6.07, 6.45) is 5.00. The fraction of sp³-hybridized carbons (Fsp3) is 0.625. The maximum Gasteiger partial charge on any atom is 0.126 e. The van der Waals surface area contributed by atoms with Crippen molar-refractivity contribution in [3.05, 3.63) is 35.4 Å². The summed E-state index contributed by atoms with van der Waals surface area (Å²) in [6.45, 7) is 5.13. The first kappa shape index (κ1) is 14.4. The van der Waals surface area contributed by atoms with Crippen molar-refractivity contribution >= 4 is 0 Å². The predicted molar refractivity (Wildman–Crippen MR) is 73.8 cm³/mol. The second-order valence-electron chi connectivity index (χ2n) is 6.82. The summed E-state index contributed by atoms with van der Waals surface area (Å²) in [7, 11) is 0. The molecule has 3 heteroatoms. The average Bonchev–Trinajstić information content (AvgIpc) is 2.31. The van der Waals surface area contributed by atoms with E-state index in [-0.39, 0.29) is 5.41 Å². The summed E-state index contributed by atoms with van der Waals surface area (Å²) in [4.78, 5) is 0. The molecule has 1 aliphatic carbocycles. The highest BCUT2D eigenvalue weighted by molar-refractivity contribution is 5.20. The van der Waals surface area contributed by atoms with E-state index in [1.807, 2.05) is 0 Å². The van der Waals surface area contributed by atoms with Crippen LogP contribution >= 0.6 is 0 Å². The molecule has 1 aliphatic rings. The maximum absolute atomic E-state index is 13.3. The Balaban J connectivity index is 2.15. The van der Waals surface area contributed by atoms with E-state index in [1.165, 1.54) is 12.1 Å². The van der Waals surface area contributed by atoms with E-state index in [2.05, 4.69) is 13.8 Å². The van der Waals surface area contributed by atoms with Crippen LogP contribution in [-0.2, 0) is 6.42 Å². The Labute approximate surface area is 114 Å². The van der Waals surface area contributed by atoms with E-state index < -0.39 is 11.6 Å². The molecular weight excluding hydrogens is 244 g/mol. The zero-order chi connectivity index (χ0) is 14.1. The number of hydrogen-bond acceptors (Lipinski definition) is 1. The average molecular weight is 267 g/mol. The molecule has 0 unspecified atom stereocenters. The zero-order valence-electron chi connectivity index (χ0n) is 11.8. The number of nitrogens with two attached hydrogens (primary N) is 1. The van der Waals surface area contributed by atoms with Crippen molar-refractivity contribution in [1.82, 2.24) is 0 Å². The van der Waals surface area contributed by atoms with Gasteiger partial charge in [0.15, 0.2) is 0 Å². The van der Waals surface area contributed by atoms with Gasteiger partial charge in [-0.25, -0.2) is 8.78 Å². The Morgan fingerprint density at radius 3 is 2.00 bits per heavy atom. The van der Waals surface area contributed by atoms with Gasteiger partial charge < -0.3 is 5.73 Å². The van der Waals surface area contributed by atoms with Crippen LogP contribution in [0.1, 0.15) is 45.1 Å². The highest BCUT2D eigenvalue weighted by Crippen LogP contribution is 2.46. The Morgan fingerprint density at radius 2 is 1.53 bits per heavy atom. The summed E-state index contributed by atoms with van der Waals surface area (Å²) < 4.78 is 26.5. The van der Waals surface area contributed by atoms with Gasteiger partial charge in [0.2, 0.25) is 0 Å². The lowest BCUT2D eigenvalue weighted by molar-refractivity contribution is 0.108. The SMILES string of the molecule is CC1(C)CCC(CN)(Cc2cc(F)cc(F)c2)CC1. The molecule has 0 atom stereocenters. The van der Waals surface area contributed by atoms with Crippen molar-refractivity contribution in [2.24, 2.45) is 16.6 Å². The monoisotopic (exact) mass is 267 g/mol. The molecule has 0 spiro atoms. The van der Waals surface area contributed by atoms with Crippen molar-refractivity contribution in [1.29, 1.82) is 0 Å². The quantitative estimate of drug-likeness (QED) is 0.878. The highest BCUT2D eigenvalue weighted by atomic mass is 19.1. The molecule has 106 valence electrons. The molecule has 1 aromatic carbocycles. The zero-order valence-corrected chi connectivity index (χ0v) is 11.8. The van der Waals surface area contributed by atoms with Crippen LogP contribution in [0.5, 0.6) is 0 Å². The van der Waals surface area contributed by atoms with Crippen LogP contribution in [0.2, 0.25) is 0 Å². The normalized spacial score (nSPS) is 21.3. The Bertz CT molecular complexity index is 424. The number of hydrogen-bond donors (Lipinski definition) is 1. The van der Waals surface area contributed by atoms with Crippen molar-refractivity contribution < 1.29 is 8.78 Å². The van der Waals surface area contributed by atoms with Crippen LogP contribution in [0.4, 0.5) is 8.78 Å². The van der Waals surface area contributed by atoms with Gasteiger partial charge >= 0.3 is 0 Å². The lowest BCUT2D eigenvalue weighted by Gasteiger charge is -2.43. The van der Waals surface area contributed by atoms with Gasteiger partial charge in [0, 0.05) is 6.07 Å². The van der Waals surface area contributed by atoms with Gasteiger partial charge in [0.1, 0.15) is 11.6 Å². The van der Waals surface area contributed by atoms with Gasteiger partial charge in [0.25, 0.3) is 0 Å². The fourth-order valence-electron chi connectivity index (χ4n) is 3.06. The molecule has 2 rings (SSSR count). The van der Waals surface area contributed by atoms with Crippen LogP contribution in [0.3, 0.4) is 0 Å². The fourth-order valence-corrected chi connectivity index (χ4v) is 3.06. The van der Waals surface area contributed by atoms with Crippen molar-refractivity contribution in [3.63, 3.8) is 0 Å². The molecule has 1 nitrogen and oxygen atoms in total. The molecule has 1 aromatic rings. The molecule has 0 aromatic heterocycles. The third kappa shape index (κ3) is 3.53. The van der Waals surface area contributed by atoms with E-state index in [1.54, 1.807) is 0 Å². The molecule has 0 heterocycles. The number of rotatable bonds is 3. The van der Waals surface area contributed by atoms with Crippen LogP contribution in [0.25, 0.3) is 0 Å². The molecule has 0 bridgehead atoms. The summed E-state index contributed by atoms with van der Waals surface area (Å²) in [5.41, 5.74) is 7.06. The van der Waals surface area contributed by atoms with Crippen molar-refractivity contribution in [2.45, 2.75) is 46.0 Å². The van der Waals surface area contributed by atoms with Gasteiger partial charge in [-0.1, -0.05) is 13.8 Å². The third-order valence-electron chi connectivity index (χ3n) is 4.60. The van der Waals surface area contributed by atoms with Gasteiger partial charge in [-0.05, 0) is 67.2 Å². The molecule has 0 amide bonds. The second kappa shape index (κ2) is 5.20. The van der Waals surface area contributed by atoms with Crippen molar-refractivity contribution in [2.75, 3.05) is 6.54 Å². The Kier molecular flexibility index (Phi) is 3.95. The third-order valence-corrected chi connectivity index (χ3v) is 4.60. The lowest BCUT2D eigenvalue weighted by atomic mass is 9.63. The maximum atomic E-state index is 13.3. The van der Waals surface area contributed by atoms with Gasteiger partial charge in [-0.2, -0.15) is 0 Å². The summed E-state index contributed by atoms with van der Waals surface area (Å²) in [6, 6.07) is 3.78. The first-order valence-corrected chi connectivity index (χ1v) is 6.99. The minimum Gasteiger partial charge on any atom is -0.330 e. The highest BCUT2D eigenvalue weighted by Gasteiger charge is 2.37. The number of benzene rings is 1. The number of halogens is 2. The Hall–Kier alpha value is -0.960. The van der Waals surface area contributed by atoms with E-state index in [0.29, 0.717) is 18.4 Å². The van der Waals surface area contributed by atoms with E-state index in [0.717, 1.165) is 37.3 Å². The summed E-state index contributed by atoms with van der Waals surface area (Å²) in [5, 5.41) is 0. The predicted octanol–water partition coefficient (Wildman–Crippen LogP) is 4.05. The van der Waals surface area contributed by atoms with Gasteiger partial charge in [-0.15, -0.1) is 0 Å². The Morgan fingerprint density at radius 1 is 1.00 bits per heavy atom. The van der Waals surface area contributed by atoms with E-state index in [9.17, 15) is 8.78 Å². The second-order valence-corrected chi connectivity index (χ2v) is 6.82. The first-order chi connectivity index (χ1) is 8.84. The van der Waals surface area contributed by atoms with Crippen LogP contribution in [0.15, 0.2) is 18.2 Å². The van der Waals surface area contributed by atoms with E-state index >= 15 is 0 Å². The largest absolute Gasteiger partial charge is 0.330 e. The minimum atomic E-state index is -0.502. The first-order valence-electron chi connectivity index (χ1n) is 6.99. The molecule has 1 saturated carbocycles. The van der Waals surface area contributed by atoms with Crippen LogP contribution in [-0.4, -0.2) is 6.54 Å². The lowest BCUT2D eigenvalue weighted by Crippen LogP contribution is -2.39. The van der Waals surface area contributed by atoms with Crippen LogP contribution in [0, 0.1) is 22.5 Å². The standard InChI is InChI=1S/C16H23F2N/c1-15(2)3-5-16(11-19,6-4-15)10-12-7-13(17)9-14(18)8-12/h7-9H,3-6,10-11,19H2,1-2H3. The van der Waals surface area contributed by atoms with Gasteiger partial charge in [0.05, 0.1) is 0 Å². The van der Waals surface area contributed by atoms with Crippen LogP contribution < -0.4 is 5.73 Å². The minimum absolute atomic E-state index is 0.00968.